The van der Waals surface area contributed by atoms with E-state index in [0.717, 1.165) is 69.8 Å². The normalized spacial score (nSPS) is 18.9. The van der Waals surface area contributed by atoms with E-state index in [1.54, 1.807) is 0 Å². The van der Waals surface area contributed by atoms with Crippen LogP contribution in [-0.2, 0) is 14.3 Å². The molecule has 1 fully saturated rings. The minimum Gasteiger partial charge on any atom is -0.353 e. The Kier molecular flexibility index (Phi) is 13.6. The second-order valence-corrected chi connectivity index (χ2v) is 8.02. The summed E-state index contributed by atoms with van der Waals surface area (Å²) in [5.74, 6) is 0. The molecule has 0 saturated carbocycles. The number of aldehydes is 1. The maximum Gasteiger partial charge on any atom is 0.157 e. The van der Waals surface area contributed by atoms with Gasteiger partial charge in [0.25, 0.3) is 0 Å². The van der Waals surface area contributed by atoms with Crippen molar-refractivity contribution in [3.05, 3.63) is 46.6 Å². The van der Waals surface area contributed by atoms with Crippen molar-refractivity contribution in [2.45, 2.75) is 91.8 Å². The zero-order chi connectivity index (χ0) is 20.6. The largest absolute Gasteiger partial charge is 0.353 e. The molecule has 3 nitrogen and oxygen atoms in total. The van der Waals surface area contributed by atoms with Crippen LogP contribution < -0.4 is 0 Å². The van der Waals surface area contributed by atoms with E-state index in [1.807, 2.05) is 0 Å². The summed E-state index contributed by atoms with van der Waals surface area (Å²) in [4.78, 5) is 11.3. The lowest BCUT2D eigenvalue weighted by molar-refractivity contribution is -0.155. The van der Waals surface area contributed by atoms with E-state index in [2.05, 4.69) is 52.0 Å². The lowest BCUT2D eigenvalue weighted by Gasteiger charge is -2.22. The molecule has 1 unspecified atom stereocenters. The Morgan fingerprint density at radius 2 is 1.57 bits per heavy atom. The quantitative estimate of drug-likeness (QED) is 0.196. The van der Waals surface area contributed by atoms with Crippen LogP contribution in [-0.4, -0.2) is 25.8 Å². The maximum atomic E-state index is 11.3. The lowest BCUT2D eigenvalue weighted by Crippen LogP contribution is -2.22. The molecule has 158 valence electrons. The number of allylic oxidation sites excluding steroid dienone is 7. The molecule has 0 aliphatic carbocycles. The van der Waals surface area contributed by atoms with Gasteiger partial charge in [0.1, 0.15) is 6.29 Å². The third-order valence-corrected chi connectivity index (χ3v) is 4.97. The fraction of sp³-hybridized carbons (Fsp3) is 0.640. The van der Waals surface area contributed by atoms with Crippen LogP contribution in [0.3, 0.4) is 0 Å². The summed E-state index contributed by atoms with van der Waals surface area (Å²) in [6.45, 7) is 9.99. The van der Waals surface area contributed by atoms with Crippen molar-refractivity contribution < 1.29 is 14.3 Å². The van der Waals surface area contributed by atoms with Crippen molar-refractivity contribution in [1.82, 2.24) is 0 Å². The van der Waals surface area contributed by atoms with Gasteiger partial charge in [0.05, 0.1) is 6.61 Å². The molecule has 0 radical (unpaired) electrons. The Morgan fingerprint density at radius 3 is 2.21 bits per heavy atom. The summed E-state index contributed by atoms with van der Waals surface area (Å²) in [6.07, 6.45) is 18.9. The molecular weight excluding hydrogens is 348 g/mol. The minimum atomic E-state index is -0.0297. The molecule has 3 heteroatoms. The standard InChI is InChI=1S/C25H40O3/c1-21(2)10-7-11-22(3)12-8-14-24(20-26)15-9-13-23(4)17-19-28-25-16-5-6-18-27-25/h10,12,15,17,20,25H,5-9,11,13-14,16,18-19H2,1-4H3. The molecule has 0 spiro atoms. The van der Waals surface area contributed by atoms with Crippen LogP contribution in [0.2, 0.25) is 0 Å². The monoisotopic (exact) mass is 388 g/mol. The van der Waals surface area contributed by atoms with Crippen LogP contribution in [0.5, 0.6) is 0 Å². The van der Waals surface area contributed by atoms with Gasteiger partial charge in [0.2, 0.25) is 0 Å². The van der Waals surface area contributed by atoms with Gasteiger partial charge >= 0.3 is 0 Å². The summed E-state index contributed by atoms with van der Waals surface area (Å²) in [5.41, 5.74) is 4.99. The molecule has 0 aromatic heterocycles. The Hall–Kier alpha value is -1.45. The molecule has 1 aliphatic rings. The Labute approximate surface area is 172 Å². The first-order chi connectivity index (χ1) is 13.5. The first-order valence-electron chi connectivity index (χ1n) is 10.8. The van der Waals surface area contributed by atoms with Crippen LogP contribution in [0.25, 0.3) is 0 Å². The van der Waals surface area contributed by atoms with Gasteiger partial charge in [-0.15, -0.1) is 0 Å². The van der Waals surface area contributed by atoms with E-state index in [0.29, 0.717) is 6.61 Å². The SMILES string of the molecule is CC(C)=CCCC(C)=CCCC(C=O)=CCCC(C)=CCOC1CCCCO1. The lowest BCUT2D eigenvalue weighted by atomic mass is 10.0. The van der Waals surface area contributed by atoms with Crippen LogP contribution in [0, 0.1) is 0 Å². The summed E-state index contributed by atoms with van der Waals surface area (Å²) < 4.78 is 11.3. The van der Waals surface area contributed by atoms with Crippen molar-refractivity contribution in [2.75, 3.05) is 13.2 Å². The highest BCUT2D eigenvalue weighted by atomic mass is 16.7. The average molecular weight is 389 g/mol. The maximum absolute atomic E-state index is 11.3. The van der Waals surface area contributed by atoms with Crippen molar-refractivity contribution in [2.24, 2.45) is 0 Å². The predicted octanol–water partition coefficient (Wildman–Crippen LogP) is 6.85. The zero-order valence-electron chi connectivity index (χ0n) is 18.5. The van der Waals surface area contributed by atoms with Gasteiger partial charge in [0, 0.05) is 6.61 Å². The fourth-order valence-corrected chi connectivity index (χ4v) is 3.11. The molecule has 1 atom stereocenters. The third kappa shape index (κ3) is 12.9. The summed E-state index contributed by atoms with van der Waals surface area (Å²) in [7, 11) is 0. The van der Waals surface area contributed by atoms with Crippen molar-refractivity contribution in [3.63, 3.8) is 0 Å². The second-order valence-electron chi connectivity index (χ2n) is 8.02. The van der Waals surface area contributed by atoms with Gasteiger partial charge in [0.15, 0.2) is 6.29 Å². The number of hydrogen-bond acceptors (Lipinski definition) is 3. The van der Waals surface area contributed by atoms with E-state index in [1.165, 1.54) is 23.1 Å². The van der Waals surface area contributed by atoms with Crippen molar-refractivity contribution in [1.29, 1.82) is 0 Å². The highest BCUT2D eigenvalue weighted by Gasteiger charge is 2.12. The molecule has 0 aromatic rings. The van der Waals surface area contributed by atoms with E-state index in [4.69, 9.17) is 9.47 Å². The number of rotatable bonds is 13. The highest BCUT2D eigenvalue weighted by molar-refractivity contribution is 5.73. The first-order valence-corrected chi connectivity index (χ1v) is 10.8. The van der Waals surface area contributed by atoms with E-state index in [-0.39, 0.29) is 6.29 Å². The second kappa shape index (κ2) is 15.5. The molecule has 0 bridgehead atoms. The van der Waals surface area contributed by atoms with Gasteiger partial charge in [-0.2, -0.15) is 0 Å². The summed E-state index contributed by atoms with van der Waals surface area (Å²) in [6, 6.07) is 0. The molecule has 0 amide bonds. The predicted molar refractivity (Wildman–Crippen MR) is 118 cm³/mol. The Morgan fingerprint density at radius 1 is 0.893 bits per heavy atom. The first kappa shape index (κ1) is 24.6. The molecular formula is C25H40O3. The molecule has 1 heterocycles. The molecule has 0 N–H and O–H groups in total. The topological polar surface area (TPSA) is 35.5 Å². The van der Waals surface area contributed by atoms with Gasteiger partial charge in [-0.25, -0.2) is 0 Å². The van der Waals surface area contributed by atoms with Gasteiger partial charge in [-0.05, 0) is 91.1 Å². The minimum absolute atomic E-state index is 0.0297. The van der Waals surface area contributed by atoms with E-state index in [9.17, 15) is 4.79 Å². The average Bonchev–Trinajstić information content (AvgIpc) is 2.67. The van der Waals surface area contributed by atoms with Crippen molar-refractivity contribution >= 4 is 6.29 Å². The fourth-order valence-electron chi connectivity index (χ4n) is 3.11. The molecule has 1 saturated heterocycles. The number of carbonyl (C=O) groups is 1. The highest BCUT2D eigenvalue weighted by Crippen LogP contribution is 2.15. The molecule has 1 rings (SSSR count). The van der Waals surface area contributed by atoms with E-state index < -0.39 is 0 Å². The number of hydrogen-bond donors (Lipinski definition) is 0. The van der Waals surface area contributed by atoms with Crippen molar-refractivity contribution in [3.8, 4) is 0 Å². The summed E-state index contributed by atoms with van der Waals surface area (Å²) in [5, 5.41) is 0. The third-order valence-electron chi connectivity index (χ3n) is 4.97. The zero-order valence-corrected chi connectivity index (χ0v) is 18.5. The summed E-state index contributed by atoms with van der Waals surface area (Å²) >= 11 is 0. The molecule has 1 aliphatic heterocycles. The van der Waals surface area contributed by atoms with Gasteiger partial charge in [-0.3, -0.25) is 4.79 Å². The smallest absolute Gasteiger partial charge is 0.157 e. The van der Waals surface area contributed by atoms with Gasteiger partial charge in [-0.1, -0.05) is 41.0 Å². The number of ether oxygens (including phenoxy) is 2. The number of carbonyl (C=O) groups excluding carboxylic acids is 1. The van der Waals surface area contributed by atoms with Crippen LogP contribution >= 0.6 is 0 Å². The molecule has 0 aromatic carbocycles. The Bertz CT molecular complexity index is 556. The van der Waals surface area contributed by atoms with Gasteiger partial charge < -0.3 is 9.47 Å². The van der Waals surface area contributed by atoms with Crippen LogP contribution in [0.4, 0.5) is 0 Å². The van der Waals surface area contributed by atoms with Crippen LogP contribution in [0.1, 0.15) is 85.5 Å². The molecule has 28 heavy (non-hydrogen) atoms. The van der Waals surface area contributed by atoms with E-state index >= 15 is 0 Å². The Balaban J connectivity index is 2.25. The van der Waals surface area contributed by atoms with Crippen LogP contribution in [0.15, 0.2) is 46.6 Å².